The molecule has 0 aromatic heterocycles. The summed E-state index contributed by atoms with van der Waals surface area (Å²) in [5, 5.41) is 0. The van der Waals surface area contributed by atoms with Crippen LogP contribution in [-0.4, -0.2) is 40.6 Å². The van der Waals surface area contributed by atoms with Crippen LogP contribution in [0.5, 0.6) is 11.5 Å². The standard InChI is InChI=1S/C21H28N2O4S/c1-26-20-10-9-19(14-21(20)27-2)28(24,25)22-15-17-7-6-8-18(13-17)16-23-11-4-3-5-12-23/h6-10,13-14,22H,3-5,11-12,15-16H2,1-2H3. The number of nitrogens with one attached hydrogen (secondary N) is 1. The molecule has 0 saturated carbocycles. The highest BCUT2D eigenvalue weighted by atomic mass is 32.2. The smallest absolute Gasteiger partial charge is 0.241 e. The van der Waals surface area contributed by atoms with E-state index in [1.165, 1.54) is 51.2 Å². The molecule has 0 atom stereocenters. The number of nitrogens with zero attached hydrogens (tertiary/aromatic N) is 1. The van der Waals surface area contributed by atoms with Gasteiger partial charge in [0.2, 0.25) is 10.0 Å². The molecule has 0 radical (unpaired) electrons. The molecule has 0 spiro atoms. The van der Waals surface area contributed by atoms with Gasteiger partial charge in [-0.3, -0.25) is 4.90 Å². The van der Waals surface area contributed by atoms with Gasteiger partial charge in [-0.2, -0.15) is 0 Å². The maximum Gasteiger partial charge on any atom is 0.241 e. The predicted molar refractivity (Wildman–Crippen MR) is 109 cm³/mol. The zero-order valence-electron chi connectivity index (χ0n) is 16.5. The summed E-state index contributed by atoms with van der Waals surface area (Å²) in [4.78, 5) is 2.60. The Labute approximate surface area is 167 Å². The number of hydrogen-bond acceptors (Lipinski definition) is 5. The predicted octanol–water partition coefficient (Wildman–Crippen LogP) is 3.17. The van der Waals surface area contributed by atoms with Crippen LogP contribution >= 0.6 is 0 Å². The van der Waals surface area contributed by atoms with Crippen molar-refractivity contribution >= 4 is 10.0 Å². The Morgan fingerprint density at radius 2 is 1.64 bits per heavy atom. The molecule has 0 aliphatic carbocycles. The van der Waals surface area contributed by atoms with Crippen molar-refractivity contribution in [3.8, 4) is 11.5 Å². The Balaban J connectivity index is 1.66. The first-order chi connectivity index (χ1) is 13.5. The number of ether oxygens (including phenoxy) is 2. The van der Waals surface area contributed by atoms with E-state index in [9.17, 15) is 8.42 Å². The SMILES string of the molecule is COc1ccc(S(=O)(=O)NCc2cccc(CN3CCCCC3)c2)cc1OC. The number of sulfonamides is 1. The van der Waals surface area contributed by atoms with E-state index in [0.29, 0.717) is 11.5 Å². The van der Waals surface area contributed by atoms with Crippen molar-refractivity contribution < 1.29 is 17.9 Å². The fourth-order valence-corrected chi connectivity index (χ4v) is 4.49. The summed E-state index contributed by atoms with van der Waals surface area (Å²) in [5.74, 6) is 0.876. The van der Waals surface area contributed by atoms with Crippen molar-refractivity contribution in [1.29, 1.82) is 0 Å². The molecule has 28 heavy (non-hydrogen) atoms. The van der Waals surface area contributed by atoms with Crippen LogP contribution in [0.4, 0.5) is 0 Å². The average Bonchev–Trinajstić information content (AvgIpc) is 2.73. The van der Waals surface area contributed by atoms with E-state index in [4.69, 9.17) is 9.47 Å². The second-order valence-corrected chi connectivity index (χ2v) is 8.77. The summed E-state index contributed by atoms with van der Waals surface area (Å²) in [5.41, 5.74) is 2.16. The summed E-state index contributed by atoms with van der Waals surface area (Å²) in [6, 6.07) is 12.7. The van der Waals surface area contributed by atoms with Gasteiger partial charge in [-0.05, 0) is 49.2 Å². The number of methoxy groups -OCH3 is 2. The minimum atomic E-state index is -3.65. The highest BCUT2D eigenvalue weighted by Gasteiger charge is 2.17. The molecule has 7 heteroatoms. The summed E-state index contributed by atoms with van der Waals surface area (Å²) in [7, 11) is -0.655. The molecule has 152 valence electrons. The van der Waals surface area contributed by atoms with Crippen LogP contribution in [0.1, 0.15) is 30.4 Å². The molecule has 1 saturated heterocycles. The van der Waals surface area contributed by atoms with Crippen LogP contribution in [0.3, 0.4) is 0 Å². The monoisotopic (exact) mass is 404 g/mol. The largest absolute Gasteiger partial charge is 0.493 e. The molecule has 1 aliphatic heterocycles. The topological polar surface area (TPSA) is 67.9 Å². The number of benzene rings is 2. The van der Waals surface area contributed by atoms with Gasteiger partial charge in [0, 0.05) is 19.2 Å². The maximum absolute atomic E-state index is 12.7. The van der Waals surface area contributed by atoms with E-state index in [0.717, 1.165) is 25.2 Å². The zero-order chi connectivity index (χ0) is 20.0. The molecular weight excluding hydrogens is 376 g/mol. The van der Waals surface area contributed by atoms with Crippen LogP contribution in [0.15, 0.2) is 47.4 Å². The summed E-state index contributed by atoms with van der Waals surface area (Å²) >= 11 is 0. The molecule has 0 unspecified atom stereocenters. The average molecular weight is 405 g/mol. The summed E-state index contributed by atoms with van der Waals surface area (Å²) in [6.45, 7) is 3.42. The van der Waals surface area contributed by atoms with Gasteiger partial charge in [-0.25, -0.2) is 13.1 Å². The van der Waals surface area contributed by atoms with E-state index in [2.05, 4.69) is 21.8 Å². The molecule has 2 aromatic carbocycles. The van der Waals surface area contributed by atoms with Gasteiger partial charge in [-0.1, -0.05) is 30.7 Å². The van der Waals surface area contributed by atoms with Crippen LogP contribution < -0.4 is 14.2 Å². The Hall–Kier alpha value is -2.09. The van der Waals surface area contributed by atoms with Crippen molar-refractivity contribution in [2.75, 3.05) is 27.3 Å². The lowest BCUT2D eigenvalue weighted by atomic mass is 10.1. The fourth-order valence-electron chi connectivity index (χ4n) is 3.46. The lowest BCUT2D eigenvalue weighted by molar-refractivity contribution is 0.221. The van der Waals surface area contributed by atoms with Gasteiger partial charge < -0.3 is 9.47 Å². The maximum atomic E-state index is 12.7. The number of rotatable bonds is 8. The van der Waals surface area contributed by atoms with E-state index in [1.54, 1.807) is 6.07 Å². The molecule has 1 N–H and O–H groups in total. The zero-order valence-corrected chi connectivity index (χ0v) is 17.3. The third kappa shape index (κ3) is 5.25. The van der Waals surface area contributed by atoms with Crippen LogP contribution in [-0.2, 0) is 23.1 Å². The fraction of sp³-hybridized carbons (Fsp3) is 0.429. The van der Waals surface area contributed by atoms with Gasteiger partial charge in [0.05, 0.1) is 19.1 Å². The molecule has 1 fully saturated rings. The number of piperidine rings is 1. The molecular formula is C21H28N2O4S. The van der Waals surface area contributed by atoms with Gasteiger partial charge in [-0.15, -0.1) is 0 Å². The van der Waals surface area contributed by atoms with E-state index < -0.39 is 10.0 Å². The highest BCUT2D eigenvalue weighted by molar-refractivity contribution is 7.89. The van der Waals surface area contributed by atoms with Gasteiger partial charge in [0.1, 0.15) is 0 Å². The van der Waals surface area contributed by atoms with Crippen LogP contribution in [0.2, 0.25) is 0 Å². The molecule has 6 nitrogen and oxygen atoms in total. The highest BCUT2D eigenvalue weighted by Crippen LogP contribution is 2.29. The second-order valence-electron chi connectivity index (χ2n) is 7.00. The quantitative estimate of drug-likeness (QED) is 0.732. The van der Waals surface area contributed by atoms with Crippen molar-refractivity contribution in [1.82, 2.24) is 9.62 Å². The van der Waals surface area contributed by atoms with Crippen molar-refractivity contribution in [3.63, 3.8) is 0 Å². The Kier molecular flexibility index (Phi) is 6.93. The van der Waals surface area contributed by atoms with E-state index in [1.807, 2.05) is 12.1 Å². The number of likely N-dealkylation sites (tertiary alicyclic amines) is 1. The van der Waals surface area contributed by atoms with E-state index >= 15 is 0 Å². The normalized spacial score (nSPS) is 15.4. The van der Waals surface area contributed by atoms with E-state index in [-0.39, 0.29) is 11.4 Å². The van der Waals surface area contributed by atoms with Crippen molar-refractivity contribution in [2.24, 2.45) is 0 Å². The first-order valence-corrected chi connectivity index (χ1v) is 11.0. The van der Waals surface area contributed by atoms with Crippen LogP contribution in [0.25, 0.3) is 0 Å². The minimum Gasteiger partial charge on any atom is -0.493 e. The second kappa shape index (κ2) is 9.41. The van der Waals surface area contributed by atoms with Crippen molar-refractivity contribution in [3.05, 3.63) is 53.6 Å². The van der Waals surface area contributed by atoms with Crippen LogP contribution in [0, 0.1) is 0 Å². The molecule has 0 bridgehead atoms. The first-order valence-electron chi connectivity index (χ1n) is 9.54. The summed E-state index contributed by atoms with van der Waals surface area (Å²) in [6.07, 6.45) is 3.82. The summed E-state index contributed by atoms with van der Waals surface area (Å²) < 4.78 is 38.4. The lowest BCUT2D eigenvalue weighted by Crippen LogP contribution is -2.29. The molecule has 0 amide bonds. The molecule has 2 aromatic rings. The third-order valence-electron chi connectivity index (χ3n) is 4.98. The molecule has 1 aliphatic rings. The first kappa shape index (κ1) is 20.6. The Morgan fingerprint density at radius 3 is 2.36 bits per heavy atom. The molecule has 3 rings (SSSR count). The van der Waals surface area contributed by atoms with Crippen molar-refractivity contribution in [2.45, 2.75) is 37.2 Å². The Bertz CT molecular complexity index is 893. The van der Waals surface area contributed by atoms with Gasteiger partial charge in [0.15, 0.2) is 11.5 Å². The number of hydrogen-bond donors (Lipinski definition) is 1. The molecule has 1 heterocycles. The van der Waals surface area contributed by atoms with Gasteiger partial charge in [0.25, 0.3) is 0 Å². The lowest BCUT2D eigenvalue weighted by Gasteiger charge is -2.26. The van der Waals surface area contributed by atoms with Gasteiger partial charge >= 0.3 is 0 Å². The Morgan fingerprint density at radius 1 is 0.929 bits per heavy atom. The third-order valence-corrected chi connectivity index (χ3v) is 6.38. The minimum absolute atomic E-state index is 0.148.